The Morgan fingerprint density at radius 2 is 1.94 bits per heavy atom. The summed E-state index contributed by atoms with van der Waals surface area (Å²) in [7, 11) is 0. The molecule has 1 saturated heterocycles. The lowest BCUT2D eigenvalue weighted by Crippen LogP contribution is -2.61. The number of nitrogens with two attached hydrogens (primary N) is 1. The van der Waals surface area contributed by atoms with Crippen molar-refractivity contribution in [1.82, 2.24) is 20.6 Å². The van der Waals surface area contributed by atoms with Gasteiger partial charge in [0, 0.05) is 35.6 Å². The number of aliphatic hydroxyl groups is 2. The molecule has 49 heavy (non-hydrogen) atoms. The van der Waals surface area contributed by atoms with Gasteiger partial charge in [0.05, 0.1) is 49.7 Å². The Bertz CT molecular complexity index is 1620. The van der Waals surface area contributed by atoms with Crippen molar-refractivity contribution in [3.05, 3.63) is 35.4 Å². The van der Waals surface area contributed by atoms with Crippen LogP contribution in [-0.4, -0.2) is 100 Å². The molecule has 6 N–H and O–H groups in total. The highest BCUT2D eigenvalue weighted by atomic mass is 16.6. The third kappa shape index (κ3) is 6.40. The van der Waals surface area contributed by atoms with Crippen LogP contribution in [0.2, 0.25) is 0 Å². The van der Waals surface area contributed by atoms with Gasteiger partial charge in [-0.15, -0.1) is 0 Å². The van der Waals surface area contributed by atoms with Crippen LogP contribution < -0.4 is 16.4 Å². The summed E-state index contributed by atoms with van der Waals surface area (Å²) in [5, 5.41) is 27.7. The lowest BCUT2D eigenvalue weighted by atomic mass is 9.44. The Morgan fingerprint density at radius 3 is 2.57 bits per heavy atom. The lowest BCUT2D eigenvalue weighted by molar-refractivity contribution is -0.177. The van der Waals surface area contributed by atoms with Gasteiger partial charge in [0.25, 0.3) is 0 Å². The van der Waals surface area contributed by atoms with Gasteiger partial charge in [0.2, 0.25) is 17.8 Å². The molecule has 15 nitrogen and oxygen atoms in total. The van der Waals surface area contributed by atoms with Crippen LogP contribution in [0.15, 0.2) is 39.8 Å². The summed E-state index contributed by atoms with van der Waals surface area (Å²) in [6.45, 7) is 8.34. The molecule has 1 aromatic rings. The van der Waals surface area contributed by atoms with Crippen LogP contribution in [0.25, 0.3) is 5.57 Å². The van der Waals surface area contributed by atoms with Crippen molar-refractivity contribution in [1.29, 1.82) is 0 Å². The van der Waals surface area contributed by atoms with E-state index in [1.165, 1.54) is 18.5 Å². The minimum Gasteiger partial charge on any atom is -0.462 e. The predicted octanol–water partition coefficient (Wildman–Crippen LogP) is 1.06. The average molecular weight is 680 g/mol. The number of rotatable bonds is 10. The number of amides is 1. The summed E-state index contributed by atoms with van der Waals surface area (Å²) in [6, 6.07) is -1.54. The van der Waals surface area contributed by atoms with Gasteiger partial charge in [-0.25, -0.2) is 29.5 Å². The smallest absolute Gasteiger partial charge is 0.342 e. The van der Waals surface area contributed by atoms with Crippen LogP contribution in [-0.2, 0) is 28.6 Å². The van der Waals surface area contributed by atoms with E-state index in [4.69, 9.17) is 19.9 Å². The maximum atomic E-state index is 13.8. The van der Waals surface area contributed by atoms with Gasteiger partial charge in [-0.1, -0.05) is 13.8 Å². The van der Waals surface area contributed by atoms with E-state index in [0.29, 0.717) is 32.4 Å². The zero-order valence-corrected chi connectivity index (χ0v) is 28.3. The number of nitrogens with zero attached hydrogens (tertiary/aromatic N) is 4. The summed E-state index contributed by atoms with van der Waals surface area (Å²) in [5.41, 5.74) is 4.58. The molecule has 1 spiro atoms. The van der Waals surface area contributed by atoms with Gasteiger partial charge in [0.15, 0.2) is 0 Å². The number of nitrogen functional groups attached to an aromatic ring is 1. The monoisotopic (exact) mass is 679 g/mol. The first-order valence-electron chi connectivity index (χ1n) is 16.8. The molecule has 6 rings (SSSR count). The number of fused-ring (bicyclic) bond motifs is 1. The van der Waals surface area contributed by atoms with E-state index in [1.807, 2.05) is 6.92 Å². The zero-order valence-electron chi connectivity index (χ0n) is 28.3. The highest BCUT2D eigenvalue weighted by Crippen LogP contribution is 2.66. The van der Waals surface area contributed by atoms with Gasteiger partial charge in [-0.05, 0) is 69.3 Å². The zero-order chi connectivity index (χ0) is 35.1. The molecule has 3 fully saturated rings. The maximum Gasteiger partial charge on any atom is 0.342 e. The second-order valence-electron chi connectivity index (χ2n) is 14.1. The Balaban J connectivity index is 1.40. The van der Waals surface area contributed by atoms with E-state index in [-0.39, 0.29) is 64.8 Å². The Hall–Kier alpha value is -4.05. The Morgan fingerprint density at radius 1 is 1.20 bits per heavy atom. The molecule has 5 unspecified atom stereocenters. The second kappa shape index (κ2) is 13.3. The number of aliphatic imine (C=N–C) groups is 2. The fourth-order valence-corrected chi connectivity index (χ4v) is 8.58. The minimum absolute atomic E-state index is 0.00502. The number of hydrogen-bond acceptors (Lipinski definition) is 14. The number of anilines is 1. The number of carbonyl (C=O) groups is 3. The minimum atomic E-state index is -0.806. The number of epoxide rings is 1. The van der Waals surface area contributed by atoms with Gasteiger partial charge in [-0.2, -0.15) is 0 Å². The number of aliphatic hydroxyl groups excluding tert-OH is 2. The van der Waals surface area contributed by atoms with Crippen LogP contribution in [0, 0.1) is 22.7 Å². The molecule has 1 aromatic heterocycles. The first kappa shape index (κ1) is 34.8. The van der Waals surface area contributed by atoms with Crippen molar-refractivity contribution in [3.8, 4) is 0 Å². The fourth-order valence-electron chi connectivity index (χ4n) is 8.58. The van der Waals surface area contributed by atoms with E-state index in [0.717, 1.165) is 12.8 Å². The second-order valence-corrected chi connectivity index (χ2v) is 14.1. The molecular weight excluding hydrogens is 634 g/mol. The summed E-state index contributed by atoms with van der Waals surface area (Å²) < 4.78 is 17.3. The van der Waals surface area contributed by atoms with E-state index in [1.54, 1.807) is 20.1 Å². The molecule has 2 aliphatic carbocycles. The quantitative estimate of drug-likeness (QED) is 0.133. The van der Waals surface area contributed by atoms with Gasteiger partial charge < -0.3 is 30.2 Å². The number of cyclic esters (lactones) is 1. The van der Waals surface area contributed by atoms with E-state index in [9.17, 15) is 24.6 Å². The lowest BCUT2D eigenvalue weighted by Gasteiger charge is -2.61. The molecule has 5 aliphatic rings. The number of allylic oxidation sites excluding steroid dienone is 1. The van der Waals surface area contributed by atoms with Crippen LogP contribution in [0.3, 0.4) is 0 Å². The maximum absolute atomic E-state index is 13.8. The number of ether oxygens (including phenoxy) is 3. The molecule has 1 amide bonds. The molecule has 3 aliphatic heterocycles. The van der Waals surface area contributed by atoms with Gasteiger partial charge >= 0.3 is 11.9 Å². The van der Waals surface area contributed by atoms with Crippen molar-refractivity contribution in [2.75, 3.05) is 32.1 Å². The number of esters is 2. The third-order valence-corrected chi connectivity index (χ3v) is 11.3. The number of hydrogen-bond donors (Lipinski definition) is 5. The summed E-state index contributed by atoms with van der Waals surface area (Å²) in [5.74, 6) is -1.78. The number of guanidine groups is 1. The summed E-state index contributed by atoms with van der Waals surface area (Å²) in [6.07, 6.45) is 8.25. The van der Waals surface area contributed by atoms with Crippen molar-refractivity contribution in [2.24, 2.45) is 32.7 Å². The van der Waals surface area contributed by atoms with Crippen molar-refractivity contribution in [3.63, 3.8) is 0 Å². The molecule has 264 valence electrons. The van der Waals surface area contributed by atoms with E-state index < -0.39 is 47.0 Å². The number of carbonyl (C=O) groups excluding carboxylic acids is 3. The molecular formula is C34H45N7O8. The van der Waals surface area contributed by atoms with E-state index >= 15 is 0 Å². The van der Waals surface area contributed by atoms with Crippen molar-refractivity contribution in [2.45, 2.75) is 83.6 Å². The topological polar surface area (TPSA) is 223 Å². The Labute approximate surface area is 284 Å². The van der Waals surface area contributed by atoms with Crippen molar-refractivity contribution < 1.29 is 38.8 Å². The van der Waals surface area contributed by atoms with Crippen LogP contribution in [0.1, 0.15) is 65.4 Å². The third-order valence-electron chi connectivity index (χ3n) is 11.3. The van der Waals surface area contributed by atoms with Crippen LogP contribution in [0.5, 0.6) is 0 Å². The molecule has 2 saturated carbocycles. The molecule has 8 atom stereocenters. The van der Waals surface area contributed by atoms with Gasteiger partial charge in [-0.3, -0.25) is 15.4 Å². The normalized spacial score (nSPS) is 34.0. The Kier molecular flexibility index (Phi) is 9.48. The van der Waals surface area contributed by atoms with Crippen LogP contribution in [0.4, 0.5) is 5.95 Å². The average Bonchev–Trinajstić information content (AvgIpc) is 3.45. The number of nitrogens with one attached hydrogen (secondary N) is 2. The molecule has 0 radical (unpaired) electrons. The fraction of sp³-hybridized carbons (Fsp3) is 0.618. The molecule has 4 heterocycles. The first-order chi connectivity index (χ1) is 23.3. The first-order valence-corrected chi connectivity index (χ1v) is 16.8. The molecule has 0 bridgehead atoms. The summed E-state index contributed by atoms with van der Waals surface area (Å²) >= 11 is 0. The molecule has 15 heteroatoms. The van der Waals surface area contributed by atoms with E-state index in [2.05, 4.69) is 37.5 Å². The largest absolute Gasteiger partial charge is 0.462 e. The highest BCUT2D eigenvalue weighted by Gasteiger charge is 2.67. The molecule has 0 aromatic carbocycles. The summed E-state index contributed by atoms with van der Waals surface area (Å²) in [4.78, 5) is 56.6. The van der Waals surface area contributed by atoms with Crippen LogP contribution >= 0.6 is 0 Å². The predicted molar refractivity (Wildman–Crippen MR) is 178 cm³/mol. The standard InChI is InChI=1S/C34H45N7O8/c1-5-47-29(46)26(19-14-38-30(35)39-15-19)22-12-20(28(45)49-22)21(40-18(2)27(44)41-31-36-10-11-37-31)13-24-32(3)8-7-25(43)33(4,16-42)23(32)6-9-34(24)17-48-34/h10,12,14-15,18,21,23-25,40,42-43H,5-9,11,13,16-17H2,1-4H3,(H2,35,38,39)(H,37,41,44)/b26-22-/t18?,21?,23?,24?,25-,32+,33+,34?/m1/s1. The highest BCUT2D eigenvalue weighted by molar-refractivity contribution is 6.18. The number of aromatic nitrogens is 2. The van der Waals surface area contributed by atoms with Gasteiger partial charge in [0.1, 0.15) is 11.3 Å². The SMILES string of the molecule is CCOC(=O)/C(=C1/C=C(C(CC2C3(CCC4[C@]2(C)CC[C@@H](O)[C@@]4(C)CO)CO3)NC(C)C(=O)NC2=NCC=N2)C(=O)O1)c1cnc(N)nc1. The van der Waals surface area contributed by atoms with Crippen molar-refractivity contribution >= 4 is 41.5 Å².